The van der Waals surface area contributed by atoms with Gasteiger partial charge in [0.1, 0.15) is 5.82 Å². The first-order chi connectivity index (χ1) is 8.39. The summed E-state index contributed by atoms with van der Waals surface area (Å²) in [5.41, 5.74) is 3.29. The van der Waals surface area contributed by atoms with E-state index in [1.807, 2.05) is 13.8 Å². The van der Waals surface area contributed by atoms with Gasteiger partial charge in [-0.05, 0) is 44.4 Å². The Hall–Kier alpha value is -0.680. The van der Waals surface area contributed by atoms with E-state index < -0.39 is 0 Å². The van der Waals surface area contributed by atoms with Gasteiger partial charge in [-0.15, -0.1) is 0 Å². The minimum atomic E-state index is -0.350. The Bertz CT molecular complexity index is 399. The number of nitrogens with two attached hydrogens (primary N) is 1. The van der Waals surface area contributed by atoms with E-state index in [9.17, 15) is 4.39 Å². The van der Waals surface area contributed by atoms with Crippen molar-refractivity contribution >= 4 is 11.6 Å². The highest BCUT2D eigenvalue weighted by Crippen LogP contribution is 2.29. The maximum absolute atomic E-state index is 13.0. The summed E-state index contributed by atoms with van der Waals surface area (Å²) in [5, 5.41) is 0.383. The molecule has 1 aromatic carbocycles. The maximum atomic E-state index is 13.0. The molecule has 0 aromatic heterocycles. The number of halogens is 2. The van der Waals surface area contributed by atoms with Gasteiger partial charge in [-0.3, -0.25) is 11.3 Å². The lowest BCUT2D eigenvalue weighted by atomic mass is 9.95. The van der Waals surface area contributed by atoms with E-state index in [1.54, 1.807) is 13.2 Å². The molecule has 0 heterocycles. The highest BCUT2D eigenvalue weighted by Gasteiger charge is 2.21. The van der Waals surface area contributed by atoms with Crippen LogP contribution in [-0.2, 0) is 4.74 Å². The third-order valence-corrected chi connectivity index (χ3v) is 3.45. The molecule has 0 fully saturated rings. The van der Waals surface area contributed by atoms with E-state index >= 15 is 0 Å². The predicted octanol–water partition coefficient (Wildman–Crippen LogP) is 3.19. The van der Waals surface area contributed by atoms with Gasteiger partial charge in [-0.25, -0.2) is 4.39 Å². The normalized spacial score (nSPS) is 13.7. The van der Waals surface area contributed by atoms with Crippen LogP contribution >= 0.6 is 11.6 Å². The molecular weight excluding hydrogens is 255 g/mol. The fourth-order valence-corrected chi connectivity index (χ4v) is 2.01. The molecule has 18 heavy (non-hydrogen) atoms. The Morgan fingerprint density at radius 3 is 2.67 bits per heavy atom. The largest absolute Gasteiger partial charge is 0.379 e. The molecule has 3 nitrogen and oxygen atoms in total. The van der Waals surface area contributed by atoms with Crippen LogP contribution in [0.1, 0.15) is 38.3 Å². The van der Waals surface area contributed by atoms with Crippen LogP contribution in [0.5, 0.6) is 0 Å². The van der Waals surface area contributed by atoms with Gasteiger partial charge in [-0.1, -0.05) is 17.7 Å². The Morgan fingerprint density at radius 2 is 2.17 bits per heavy atom. The summed E-state index contributed by atoms with van der Waals surface area (Å²) in [6.07, 6.45) is 1.56. The van der Waals surface area contributed by atoms with Crippen molar-refractivity contribution < 1.29 is 9.13 Å². The van der Waals surface area contributed by atoms with Crippen LogP contribution in [-0.4, -0.2) is 12.7 Å². The molecule has 1 atom stereocenters. The Labute approximate surface area is 112 Å². The first-order valence-corrected chi connectivity index (χ1v) is 6.23. The van der Waals surface area contributed by atoms with Crippen LogP contribution < -0.4 is 11.3 Å². The van der Waals surface area contributed by atoms with Gasteiger partial charge in [0, 0.05) is 18.2 Å². The topological polar surface area (TPSA) is 47.3 Å². The van der Waals surface area contributed by atoms with E-state index in [2.05, 4.69) is 5.43 Å². The van der Waals surface area contributed by atoms with Gasteiger partial charge in [-0.2, -0.15) is 0 Å². The molecule has 0 saturated heterocycles. The minimum Gasteiger partial charge on any atom is -0.379 e. The third kappa shape index (κ3) is 4.21. The number of nitrogens with one attached hydrogen (secondary N) is 1. The molecular formula is C13H20ClFN2O. The van der Waals surface area contributed by atoms with Crippen molar-refractivity contribution in [3.63, 3.8) is 0 Å². The Kier molecular flexibility index (Phi) is 5.53. The highest BCUT2D eigenvalue weighted by atomic mass is 35.5. The zero-order valence-corrected chi connectivity index (χ0v) is 11.7. The monoisotopic (exact) mass is 274 g/mol. The van der Waals surface area contributed by atoms with E-state index in [0.717, 1.165) is 18.4 Å². The smallest absolute Gasteiger partial charge is 0.124 e. The van der Waals surface area contributed by atoms with Crippen LogP contribution in [0.3, 0.4) is 0 Å². The van der Waals surface area contributed by atoms with Gasteiger partial charge in [0.2, 0.25) is 0 Å². The fourth-order valence-electron chi connectivity index (χ4n) is 1.71. The average Bonchev–Trinajstić information content (AvgIpc) is 2.32. The molecule has 1 unspecified atom stereocenters. The van der Waals surface area contributed by atoms with Gasteiger partial charge < -0.3 is 4.74 Å². The average molecular weight is 275 g/mol. The number of rotatable bonds is 6. The van der Waals surface area contributed by atoms with Gasteiger partial charge in [0.25, 0.3) is 0 Å². The van der Waals surface area contributed by atoms with E-state index in [4.69, 9.17) is 22.2 Å². The Morgan fingerprint density at radius 1 is 1.50 bits per heavy atom. The summed E-state index contributed by atoms with van der Waals surface area (Å²) < 4.78 is 18.3. The zero-order chi connectivity index (χ0) is 13.8. The van der Waals surface area contributed by atoms with Gasteiger partial charge in [0.05, 0.1) is 5.60 Å². The second-order valence-electron chi connectivity index (χ2n) is 4.89. The summed E-state index contributed by atoms with van der Waals surface area (Å²) in [6.45, 7) is 4.01. The lowest BCUT2D eigenvalue weighted by molar-refractivity contribution is 0.0117. The SMILES string of the molecule is COC(C)(C)CCC(NN)c1ccc(F)cc1Cl. The van der Waals surface area contributed by atoms with Crippen LogP contribution in [0.4, 0.5) is 4.39 Å². The third-order valence-electron chi connectivity index (χ3n) is 3.13. The molecule has 3 N–H and O–H groups in total. The molecule has 0 aliphatic rings. The predicted molar refractivity (Wildman–Crippen MR) is 71.8 cm³/mol. The molecule has 0 aliphatic heterocycles. The molecule has 0 radical (unpaired) electrons. The van der Waals surface area contributed by atoms with Gasteiger partial charge >= 0.3 is 0 Å². The van der Waals surface area contributed by atoms with Crippen LogP contribution in [0, 0.1) is 5.82 Å². The van der Waals surface area contributed by atoms with Crippen molar-refractivity contribution in [2.75, 3.05) is 7.11 Å². The number of methoxy groups -OCH3 is 1. The van der Waals surface area contributed by atoms with Crippen molar-refractivity contribution in [1.29, 1.82) is 0 Å². The summed E-state index contributed by atoms with van der Waals surface area (Å²) in [7, 11) is 1.68. The van der Waals surface area contributed by atoms with Crippen LogP contribution in [0.25, 0.3) is 0 Å². The van der Waals surface area contributed by atoms with Gasteiger partial charge in [0.15, 0.2) is 0 Å². The lowest BCUT2D eigenvalue weighted by Crippen LogP contribution is -2.31. The summed E-state index contributed by atoms with van der Waals surface area (Å²) >= 11 is 6.02. The van der Waals surface area contributed by atoms with E-state index in [0.29, 0.717) is 5.02 Å². The summed E-state index contributed by atoms with van der Waals surface area (Å²) in [6, 6.07) is 4.21. The van der Waals surface area contributed by atoms with E-state index in [1.165, 1.54) is 12.1 Å². The fraction of sp³-hybridized carbons (Fsp3) is 0.538. The van der Waals surface area contributed by atoms with Crippen molar-refractivity contribution in [2.24, 2.45) is 5.84 Å². The number of benzene rings is 1. The highest BCUT2D eigenvalue weighted by molar-refractivity contribution is 6.31. The molecule has 0 aliphatic carbocycles. The van der Waals surface area contributed by atoms with Crippen LogP contribution in [0.15, 0.2) is 18.2 Å². The number of ether oxygens (including phenoxy) is 1. The second-order valence-corrected chi connectivity index (χ2v) is 5.29. The first-order valence-electron chi connectivity index (χ1n) is 5.86. The van der Waals surface area contributed by atoms with E-state index in [-0.39, 0.29) is 17.5 Å². The molecule has 102 valence electrons. The van der Waals surface area contributed by atoms with Crippen molar-refractivity contribution in [3.8, 4) is 0 Å². The summed E-state index contributed by atoms with van der Waals surface area (Å²) in [4.78, 5) is 0. The standard InChI is InChI=1S/C13H20ClFN2O/c1-13(2,18-3)7-6-12(17-16)10-5-4-9(15)8-11(10)14/h4-5,8,12,17H,6-7,16H2,1-3H3. The molecule has 1 aromatic rings. The maximum Gasteiger partial charge on any atom is 0.124 e. The molecule has 0 spiro atoms. The van der Waals surface area contributed by atoms with Crippen LogP contribution in [0.2, 0.25) is 5.02 Å². The lowest BCUT2D eigenvalue weighted by Gasteiger charge is -2.26. The van der Waals surface area contributed by atoms with Crippen molar-refractivity contribution in [3.05, 3.63) is 34.6 Å². The second kappa shape index (κ2) is 6.48. The zero-order valence-electron chi connectivity index (χ0n) is 11.0. The minimum absolute atomic E-state index is 0.118. The summed E-state index contributed by atoms with van der Waals surface area (Å²) in [5.74, 6) is 5.19. The molecule has 0 bridgehead atoms. The molecule has 0 amide bonds. The van der Waals surface area contributed by atoms with Crippen molar-refractivity contribution in [2.45, 2.75) is 38.3 Å². The van der Waals surface area contributed by atoms with Crippen molar-refractivity contribution in [1.82, 2.24) is 5.43 Å². The number of hydrogen-bond donors (Lipinski definition) is 2. The number of hydrazine groups is 1. The molecule has 5 heteroatoms. The first kappa shape index (κ1) is 15.4. The molecule has 1 rings (SSSR count). The quantitative estimate of drug-likeness (QED) is 0.619. The molecule has 0 saturated carbocycles. The Balaban J connectivity index is 2.77. The number of hydrogen-bond acceptors (Lipinski definition) is 3.